The van der Waals surface area contributed by atoms with Crippen LogP contribution in [-0.4, -0.2) is 28.8 Å². The van der Waals surface area contributed by atoms with Gasteiger partial charge in [-0.1, -0.05) is 13.3 Å². The molecular weight excluding hydrogens is 202 g/mol. The number of aromatic nitrogens is 1. The molecular formula is C12H15N3O. The zero-order valence-electron chi connectivity index (χ0n) is 9.35. The molecule has 16 heavy (non-hydrogen) atoms. The number of nitriles is 1. The molecule has 0 saturated carbocycles. The number of hydrogen-bond donors (Lipinski definition) is 1. The van der Waals surface area contributed by atoms with Gasteiger partial charge in [0.05, 0.1) is 11.2 Å². The van der Waals surface area contributed by atoms with Gasteiger partial charge in [0.15, 0.2) is 0 Å². The number of hydrogen-bond acceptors (Lipinski definition) is 4. The molecule has 0 spiro atoms. The summed E-state index contributed by atoms with van der Waals surface area (Å²) in [5.74, 6) is 0.833. The van der Waals surface area contributed by atoms with Crippen molar-refractivity contribution in [2.45, 2.75) is 25.4 Å². The van der Waals surface area contributed by atoms with E-state index in [9.17, 15) is 5.11 Å². The number of nitrogens with zero attached hydrogens (tertiary/aromatic N) is 3. The van der Waals surface area contributed by atoms with Crippen LogP contribution < -0.4 is 4.90 Å². The van der Waals surface area contributed by atoms with E-state index in [1.54, 1.807) is 12.3 Å². The summed E-state index contributed by atoms with van der Waals surface area (Å²) in [5, 5.41) is 18.7. The number of β-amino-alcohol motifs (C(OH)–C–C–N with tert-alkyl or cyclic N) is 1. The molecule has 1 N–H and O–H groups in total. The van der Waals surface area contributed by atoms with E-state index in [0.717, 1.165) is 18.7 Å². The van der Waals surface area contributed by atoms with Crippen molar-refractivity contribution in [1.29, 1.82) is 5.26 Å². The molecule has 4 nitrogen and oxygen atoms in total. The highest BCUT2D eigenvalue weighted by molar-refractivity contribution is 5.45. The molecule has 0 bridgehead atoms. The minimum absolute atomic E-state index is 0.537. The van der Waals surface area contributed by atoms with Crippen molar-refractivity contribution in [1.82, 2.24) is 4.98 Å². The summed E-state index contributed by atoms with van der Waals surface area (Å²) in [7, 11) is 0. The summed E-state index contributed by atoms with van der Waals surface area (Å²) in [4.78, 5) is 6.21. The van der Waals surface area contributed by atoms with E-state index in [1.807, 2.05) is 17.0 Å². The van der Waals surface area contributed by atoms with Crippen LogP contribution in [0, 0.1) is 11.3 Å². The van der Waals surface area contributed by atoms with Gasteiger partial charge in [0.25, 0.3) is 0 Å². The first-order valence-electron chi connectivity index (χ1n) is 5.50. The predicted octanol–water partition coefficient (Wildman–Crippen LogP) is 1.30. The largest absolute Gasteiger partial charge is 0.386 e. The maximum atomic E-state index is 10.0. The van der Waals surface area contributed by atoms with Crippen molar-refractivity contribution in [3.05, 3.63) is 23.9 Å². The third kappa shape index (κ3) is 2.00. The van der Waals surface area contributed by atoms with E-state index in [4.69, 9.17) is 5.26 Å². The molecule has 1 aromatic heterocycles. The fourth-order valence-corrected chi connectivity index (χ4v) is 2.09. The van der Waals surface area contributed by atoms with Crippen LogP contribution in [0.4, 0.5) is 5.82 Å². The molecule has 0 aliphatic carbocycles. The minimum atomic E-state index is -0.537. The van der Waals surface area contributed by atoms with Crippen LogP contribution in [0.2, 0.25) is 0 Å². The lowest BCUT2D eigenvalue weighted by Gasteiger charge is -2.47. The Morgan fingerprint density at radius 3 is 2.81 bits per heavy atom. The molecule has 1 fully saturated rings. The summed E-state index contributed by atoms with van der Waals surface area (Å²) in [6.07, 6.45) is 3.39. The van der Waals surface area contributed by atoms with E-state index in [-0.39, 0.29) is 0 Å². The van der Waals surface area contributed by atoms with E-state index < -0.39 is 5.60 Å². The van der Waals surface area contributed by atoms with E-state index in [1.165, 1.54) is 0 Å². The van der Waals surface area contributed by atoms with Gasteiger partial charge in [0.1, 0.15) is 11.9 Å². The van der Waals surface area contributed by atoms with Crippen LogP contribution in [0.1, 0.15) is 25.3 Å². The monoisotopic (exact) mass is 217 g/mol. The van der Waals surface area contributed by atoms with Gasteiger partial charge in [-0.3, -0.25) is 0 Å². The van der Waals surface area contributed by atoms with Crippen molar-refractivity contribution in [3.8, 4) is 6.07 Å². The van der Waals surface area contributed by atoms with Gasteiger partial charge in [-0.05, 0) is 18.6 Å². The Kier molecular flexibility index (Phi) is 2.80. The van der Waals surface area contributed by atoms with Crippen LogP contribution in [0.25, 0.3) is 0 Å². The average molecular weight is 217 g/mol. The molecule has 1 aliphatic heterocycles. The lowest BCUT2D eigenvalue weighted by atomic mass is 9.89. The predicted molar refractivity (Wildman–Crippen MR) is 61.0 cm³/mol. The van der Waals surface area contributed by atoms with Crippen LogP contribution >= 0.6 is 0 Å². The summed E-state index contributed by atoms with van der Waals surface area (Å²) < 4.78 is 0. The Morgan fingerprint density at radius 2 is 2.31 bits per heavy atom. The molecule has 0 atom stereocenters. The van der Waals surface area contributed by atoms with Crippen LogP contribution in [-0.2, 0) is 0 Å². The topological polar surface area (TPSA) is 60.1 Å². The summed E-state index contributed by atoms with van der Waals surface area (Å²) in [5.41, 5.74) is 0.0257. The Labute approximate surface area is 95.1 Å². The van der Waals surface area contributed by atoms with E-state index >= 15 is 0 Å². The average Bonchev–Trinajstić information content (AvgIpc) is 2.26. The molecule has 84 valence electrons. The zero-order valence-corrected chi connectivity index (χ0v) is 9.35. The SMILES string of the molecule is CCCC1(O)CN(c2ccc(C#N)cn2)C1. The molecule has 2 rings (SSSR count). The molecule has 2 heterocycles. The number of rotatable bonds is 3. The number of anilines is 1. The Hall–Kier alpha value is -1.60. The first-order valence-corrected chi connectivity index (χ1v) is 5.50. The second-order valence-electron chi connectivity index (χ2n) is 4.35. The molecule has 0 aromatic carbocycles. The lowest BCUT2D eigenvalue weighted by molar-refractivity contribution is 0.00295. The Balaban J connectivity index is 1.99. The second kappa shape index (κ2) is 4.11. The third-order valence-electron chi connectivity index (χ3n) is 2.89. The van der Waals surface area contributed by atoms with Crippen LogP contribution in [0.5, 0.6) is 0 Å². The Bertz CT molecular complexity index is 401. The van der Waals surface area contributed by atoms with Gasteiger partial charge in [0.2, 0.25) is 0 Å². The molecule has 0 radical (unpaired) electrons. The highest BCUT2D eigenvalue weighted by atomic mass is 16.3. The first-order chi connectivity index (χ1) is 7.67. The van der Waals surface area contributed by atoms with Crippen molar-refractivity contribution >= 4 is 5.82 Å². The normalized spacial score (nSPS) is 17.7. The van der Waals surface area contributed by atoms with Crippen LogP contribution in [0.3, 0.4) is 0 Å². The quantitative estimate of drug-likeness (QED) is 0.829. The maximum Gasteiger partial charge on any atom is 0.128 e. The zero-order chi connectivity index (χ0) is 11.6. The summed E-state index contributed by atoms with van der Waals surface area (Å²) >= 11 is 0. The molecule has 1 aliphatic rings. The second-order valence-corrected chi connectivity index (χ2v) is 4.35. The standard InChI is InChI=1S/C12H15N3O/c1-2-5-12(16)8-15(9-12)11-4-3-10(6-13)7-14-11/h3-4,7,16H,2,5,8-9H2,1H3. The van der Waals surface area contributed by atoms with Crippen molar-refractivity contribution in [2.75, 3.05) is 18.0 Å². The van der Waals surface area contributed by atoms with Crippen molar-refractivity contribution in [2.24, 2.45) is 0 Å². The minimum Gasteiger partial charge on any atom is -0.386 e. The van der Waals surface area contributed by atoms with Gasteiger partial charge in [-0.2, -0.15) is 5.26 Å². The van der Waals surface area contributed by atoms with Gasteiger partial charge < -0.3 is 10.0 Å². The van der Waals surface area contributed by atoms with Gasteiger partial charge in [-0.15, -0.1) is 0 Å². The fourth-order valence-electron chi connectivity index (χ4n) is 2.09. The highest BCUT2D eigenvalue weighted by Crippen LogP contribution is 2.29. The Morgan fingerprint density at radius 1 is 1.56 bits per heavy atom. The van der Waals surface area contributed by atoms with Gasteiger partial charge in [0, 0.05) is 19.3 Å². The molecule has 4 heteroatoms. The summed E-state index contributed by atoms with van der Waals surface area (Å²) in [6.45, 7) is 3.35. The van der Waals surface area contributed by atoms with Crippen LogP contribution in [0.15, 0.2) is 18.3 Å². The fraction of sp³-hybridized carbons (Fsp3) is 0.500. The third-order valence-corrected chi connectivity index (χ3v) is 2.89. The maximum absolute atomic E-state index is 10.0. The molecule has 0 amide bonds. The van der Waals surface area contributed by atoms with Crippen molar-refractivity contribution < 1.29 is 5.11 Å². The number of pyridine rings is 1. The van der Waals surface area contributed by atoms with Gasteiger partial charge in [-0.25, -0.2) is 4.98 Å². The summed E-state index contributed by atoms with van der Waals surface area (Å²) in [6, 6.07) is 5.61. The first kappa shape index (κ1) is 10.9. The van der Waals surface area contributed by atoms with Gasteiger partial charge >= 0.3 is 0 Å². The molecule has 1 saturated heterocycles. The molecule has 0 unspecified atom stereocenters. The number of aliphatic hydroxyl groups is 1. The molecule has 1 aromatic rings. The van der Waals surface area contributed by atoms with Crippen molar-refractivity contribution in [3.63, 3.8) is 0 Å². The smallest absolute Gasteiger partial charge is 0.128 e. The lowest BCUT2D eigenvalue weighted by Crippen LogP contribution is -2.62. The van der Waals surface area contributed by atoms with E-state index in [0.29, 0.717) is 18.7 Å². The van der Waals surface area contributed by atoms with E-state index in [2.05, 4.69) is 11.9 Å². The highest BCUT2D eigenvalue weighted by Gasteiger charge is 2.40.